The Labute approximate surface area is 206 Å². The molecule has 3 aromatic rings. The summed E-state index contributed by atoms with van der Waals surface area (Å²) in [7, 11) is 3.67. The number of methoxy groups -OCH3 is 1. The number of benzene rings is 1. The Kier molecular flexibility index (Phi) is 7.63. The van der Waals surface area contributed by atoms with Gasteiger partial charge in [-0.1, -0.05) is 13.3 Å². The summed E-state index contributed by atoms with van der Waals surface area (Å²) < 4.78 is 22.9. The summed E-state index contributed by atoms with van der Waals surface area (Å²) in [5.41, 5.74) is 1.31. The molecular formula is C26H34FN6O2+. The van der Waals surface area contributed by atoms with Gasteiger partial charge in [0.25, 0.3) is 5.82 Å². The lowest BCUT2D eigenvalue weighted by molar-refractivity contribution is -0.659. The van der Waals surface area contributed by atoms with Crippen LogP contribution in [-0.2, 0) is 24.8 Å². The molecule has 3 heterocycles. The molecule has 1 aromatic carbocycles. The predicted octanol–water partition coefficient (Wildman–Crippen LogP) is 2.92. The Bertz CT molecular complexity index is 1190. The molecule has 0 radical (unpaired) electrons. The zero-order chi connectivity index (χ0) is 24.9. The lowest BCUT2D eigenvalue weighted by atomic mass is 10.1. The number of unbranched alkanes of at least 4 members (excludes halogenated alkanes) is 1. The fourth-order valence-electron chi connectivity index (χ4n) is 4.32. The lowest BCUT2D eigenvalue weighted by Gasteiger charge is -2.31. The third kappa shape index (κ3) is 5.61. The van der Waals surface area contributed by atoms with E-state index in [2.05, 4.69) is 21.5 Å². The average Bonchev–Trinajstić information content (AvgIpc) is 3.27. The Balaban J connectivity index is 1.45. The minimum absolute atomic E-state index is 0.0316. The van der Waals surface area contributed by atoms with E-state index in [1.54, 1.807) is 30.8 Å². The standard InChI is InChI=1S/C26H34FN6O2/c1-5-6-7-23-28-26(20-8-9-22(27)19(2)16-20)29-33(23)18-25(34)32-14-12-31(13-15-32)24-17-21(35-4)10-11-30(24)3/h8-11,16-17H,5-7,12-15,18H2,1-4H3/q+1. The van der Waals surface area contributed by atoms with Gasteiger partial charge in [0.2, 0.25) is 5.91 Å². The van der Waals surface area contributed by atoms with E-state index < -0.39 is 0 Å². The Morgan fingerprint density at radius 1 is 1.17 bits per heavy atom. The Morgan fingerprint density at radius 2 is 1.94 bits per heavy atom. The molecule has 1 saturated heterocycles. The number of aryl methyl sites for hydroxylation is 3. The van der Waals surface area contributed by atoms with Crippen LogP contribution in [0, 0.1) is 12.7 Å². The van der Waals surface area contributed by atoms with E-state index in [0.29, 0.717) is 24.5 Å². The smallest absolute Gasteiger partial charge is 0.280 e. The molecule has 1 fully saturated rings. The second kappa shape index (κ2) is 10.8. The molecule has 1 aliphatic rings. The van der Waals surface area contributed by atoms with E-state index in [4.69, 9.17) is 9.72 Å². The van der Waals surface area contributed by atoms with E-state index >= 15 is 0 Å². The summed E-state index contributed by atoms with van der Waals surface area (Å²) in [6.07, 6.45) is 4.71. The third-order valence-electron chi connectivity index (χ3n) is 6.49. The summed E-state index contributed by atoms with van der Waals surface area (Å²) >= 11 is 0. The largest absolute Gasteiger partial charge is 0.496 e. The van der Waals surface area contributed by atoms with Crippen molar-refractivity contribution in [1.29, 1.82) is 0 Å². The first kappa shape index (κ1) is 24.6. The number of carbonyl (C=O) groups excluding carboxylic acids is 1. The quantitative estimate of drug-likeness (QED) is 0.463. The summed E-state index contributed by atoms with van der Waals surface area (Å²) in [6, 6.07) is 8.82. The Hall–Kier alpha value is -3.49. The minimum atomic E-state index is -0.253. The van der Waals surface area contributed by atoms with Gasteiger partial charge in [-0.05, 0) is 37.1 Å². The van der Waals surface area contributed by atoms with Gasteiger partial charge in [-0.2, -0.15) is 5.10 Å². The van der Waals surface area contributed by atoms with Gasteiger partial charge in [0.15, 0.2) is 5.82 Å². The molecule has 0 atom stereocenters. The maximum Gasteiger partial charge on any atom is 0.280 e. The van der Waals surface area contributed by atoms with Crippen LogP contribution in [0.25, 0.3) is 11.4 Å². The molecule has 1 aliphatic heterocycles. The second-order valence-electron chi connectivity index (χ2n) is 8.98. The summed E-state index contributed by atoms with van der Waals surface area (Å²) in [6.45, 7) is 6.76. The van der Waals surface area contributed by atoms with Gasteiger partial charge >= 0.3 is 0 Å². The molecule has 0 saturated carbocycles. The van der Waals surface area contributed by atoms with Crippen molar-refractivity contribution in [3.63, 3.8) is 0 Å². The van der Waals surface area contributed by atoms with Crippen LogP contribution < -0.4 is 14.2 Å². The number of piperazine rings is 1. The van der Waals surface area contributed by atoms with Crippen molar-refractivity contribution < 1.29 is 18.5 Å². The highest BCUT2D eigenvalue weighted by atomic mass is 19.1. The van der Waals surface area contributed by atoms with Crippen LogP contribution in [0.4, 0.5) is 10.2 Å². The van der Waals surface area contributed by atoms with E-state index in [0.717, 1.165) is 55.3 Å². The number of nitrogens with zero attached hydrogens (tertiary/aromatic N) is 6. The normalized spacial score (nSPS) is 13.9. The van der Waals surface area contributed by atoms with Crippen LogP contribution in [0.2, 0.25) is 0 Å². The van der Waals surface area contributed by atoms with Gasteiger partial charge in [-0.15, -0.1) is 0 Å². The number of pyridine rings is 1. The molecule has 186 valence electrons. The number of amides is 1. The fraction of sp³-hybridized carbons (Fsp3) is 0.462. The van der Waals surface area contributed by atoms with Crippen LogP contribution in [0.15, 0.2) is 36.5 Å². The number of carbonyl (C=O) groups is 1. The number of halogens is 1. The van der Waals surface area contributed by atoms with E-state index in [1.807, 2.05) is 30.3 Å². The molecule has 9 heteroatoms. The number of rotatable bonds is 8. The molecule has 1 amide bonds. The van der Waals surface area contributed by atoms with Crippen molar-refractivity contribution in [1.82, 2.24) is 19.7 Å². The van der Waals surface area contributed by atoms with E-state index in [1.165, 1.54) is 6.07 Å². The average molecular weight is 482 g/mol. The van der Waals surface area contributed by atoms with Crippen molar-refractivity contribution in [3.8, 4) is 17.1 Å². The second-order valence-corrected chi connectivity index (χ2v) is 8.98. The molecule has 8 nitrogen and oxygen atoms in total. The van der Waals surface area contributed by atoms with Gasteiger partial charge < -0.3 is 9.64 Å². The van der Waals surface area contributed by atoms with Gasteiger partial charge in [0, 0.05) is 18.1 Å². The van der Waals surface area contributed by atoms with Crippen LogP contribution in [0.5, 0.6) is 5.75 Å². The van der Waals surface area contributed by atoms with Crippen LogP contribution in [-0.4, -0.2) is 58.9 Å². The van der Waals surface area contributed by atoms with Gasteiger partial charge in [-0.3, -0.25) is 9.69 Å². The van der Waals surface area contributed by atoms with Crippen molar-refractivity contribution >= 4 is 11.7 Å². The summed E-state index contributed by atoms with van der Waals surface area (Å²) in [5, 5.41) is 4.64. The number of hydrogen-bond acceptors (Lipinski definition) is 5. The molecular weight excluding hydrogens is 447 g/mol. The molecule has 0 N–H and O–H groups in total. The topological polar surface area (TPSA) is 67.4 Å². The number of hydrogen-bond donors (Lipinski definition) is 0. The molecule has 0 unspecified atom stereocenters. The monoisotopic (exact) mass is 481 g/mol. The zero-order valence-corrected chi connectivity index (χ0v) is 21.0. The predicted molar refractivity (Wildman–Crippen MR) is 132 cm³/mol. The van der Waals surface area contributed by atoms with Gasteiger partial charge in [0.1, 0.15) is 37.0 Å². The maximum absolute atomic E-state index is 13.7. The van der Waals surface area contributed by atoms with Crippen LogP contribution in [0.1, 0.15) is 31.2 Å². The fourth-order valence-corrected chi connectivity index (χ4v) is 4.32. The van der Waals surface area contributed by atoms with Gasteiger partial charge in [-0.25, -0.2) is 18.6 Å². The van der Waals surface area contributed by atoms with Crippen molar-refractivity contribution in [2.75, 3.05) is 38.2 Å². The Morgan fingerprint density at radius 3 is 2.63 bits per heavy atom. The number of anilines is 1. The van der Waals surface area contributed by atoms with E-state index in [-0.39, 0.29) is 18.3 Å². The molecule has 0 spiro atoms. The zero-order valence-electron chi connectivity index (χ0n) is 21.0. The number of aromatic nitrogens is 4. The lowest BCUT2D eigenvalue weighted by Crippen LogP contribution is -2.52. The van der Waals surface area contributed by atoms with Gasteiger partial charge in [0.05, 0.1) is 39.5 Å². The highest BCUT2D eigenvalue weighted by molar-refractivity contribution is 5.76. The summed E-state index contributed by atoms with van der Waals surface area (Å²) in [4.78, 5) is 22.1. The molecule has 0 bridgehead atoms. The molecule has 2 aromatic heterocycles. The highest BCUT2D eigenvalue weighted by Gasteiger charge is 2.28. The van der Waals surface area contributed by atoms with Crippen LogP contribution >= 0.6 is 0 Å². The first-order chi connectivity index (χ1) is 16.9. The first-order valence-corrected chi connectivity index (χ1v) is 12.2. The van der Waals surface area contributed by atoms with Crippen molar-refractivity contribution in [2.24, 2.45) is 7.05 Å². The van der Waals surface area contributed by atoms with Crippen molar-refractivity contribution in [3.05, 3.63) is 53.7 Å². The third-order valence-corrected chi connectivity index (χ3v) is 6.49. The SMILES string of the molecule is CCCCc1nc(-c2ccc(F)c(C)c2)nn1CC(=O)N1CCN(c2cc(OC)cc[n+]2C)CC1. The molecule has 35 heavy (non-hydrogen) atoms. The van der Waals surface area contributed by atoms with Crippen LogP contribution in [0.3, 0.4) is 0 Å². The highest BCUT2D eigenvalue weighted by Crippen LogP contribution is 2.21. The molecule has 4 rings (SSSR count). The molecule has 0 aliphatic carbocycles. The first-order valence-electron chi connectivity index (χ1n) is 12.2. The van der Waals surface area contributed by atoms with Crippen molar-refractivity contribution in [2.45, 2.75) is 39.7 Å². The minimum Gasteiger partial charge on any atom is -0.496 e. The maximum atomic E-state index is 13.7. The summed E-state index contributed by atoms with van der Waals surface area (Å²) in [5.74, 6) is 2.98. The number of ether oxygens (including phenoxy) is 1. The van der Waals surface area contributed by atoms with E-state index in [9.17, 15) is 9.18 Å².